The lowest BCUT2D eigenvalue weighted by atomic mass is 9.93. The number of benzene rings is 1. The number of aromatic nitrogens is 3. The van der Waals surface area contributed by atoms with Gasteiger partial charge in [0.2, 0.25) is 0 Å². The highest BCUT2D eigenvalue weighted by Gasteiger charge is 2.21. The largest absolute Gasteiger partial charge is 0.375 e. The van der Waals surface area contributed by atoms with Gasteiger partial charge >= 0.3 is 0 Å². The summed E-state index contributed by atoms with van der Waals surface area (Å²) in [4.78, 5) is 6.92. The van der Waals surface area contributed by atoms with Gasteiger partial charge in [-0.15, -0.1) is 0 Å². The summed E-state index contributed by atoms with van der Waals surface area (Å²) in [6.07, 6.45) is 8.03. The zero-order chi connectivity index (χ0) is 19.7. The molecule has 2 aromatic heterocycles. The molecule has 1 aliphatic heterocycles. The molecule has 0 spiro atoms. The van der Waals surface area contributed by atoms with E-state index in [1.165, 1.54) is 0 Å². The molecule has 1 aromatic carbocycles. The number of nitrogens with zero attached hydrogens (tertiary/aromatic N) is 4. The first kappa shape index (κ1) is 18.3. The molecular weight excluding hydrogens is 346 g/mol. The number of allylic oxidation sites excluding steroid dienone is 2. The highest BCUT2D eigenvalue weighted by molar-refractivity contribution is 5.88. The minimum absolute atomic E-state index is 0.467. The molecule has 28 heavy (non-hydrogen) atoms. The van der Waals surface area contributed by atoms with Gasteiger partial charge in [-0.1, -0.05) is 25.3 Å². The number of anilines is 1. The Morgan fingerprint density at radius 1 is 1.07 bits per heavy atom. The molecule has 0 radical (unpaired) electrons. The molecule has 3 aromatic rings. The van der Waals surface area contributed by atoms with E-state index < -0.39 is 0 Å². The van der Waals surface area contributed by atoms with Crippen molar-refractivity contribution < 1.29 is 0 Å². The van der Waals surface area contributed by atoms with Gasteiger partial charge in [0.25, 0.3) is 0 Å². The Labute approximate surface area is 166 Å². The minimum atomic E-state index is 0.467. The summed E-state index contributed by atoms with van der Waals surface area (Å²) in [5.41, 5.74) is 4.47. The number of hydrogen-bond donors (Lipinski definition) is 1. The molecule has 3 heterocycles. The van der Waals surface area contributed by atoms with Gasteiger partial charge < -0.3 is 10.2 Å². The van der Waals surface area contributed by atoms with Crippen LogP contribution in [0.4, 0.5) is 5.82 Å². The zero-order valence-electron chi connectivity index (χ0n) is 16.7. The lowest BCUT2D eigenvalue weighted by molar-refractivity contribution is 0.247. The fourth-order valence-electron chi connectivity index (χ4n) is 3.84. The monoisotopic (exact) mass is 373 g/mol. The molecule has 5 heteroatoms. The molecule has 0 bridgehead atoms. The molecule has 0 saturated carbocycles. The molecule has 1 N–H and O–H groups in total. The summed E-state index contributed by atoms with van der Waals surface area (Å²) < 4.78 is 1.82. The van der Waals surface area contributed by atoms with Gasteiger partial charge in [-0.25, -0.2) is 4.98 Å². The average molecular weight is 374 g/mol. The number of hydrogen-bond acceptors (Lipinski definition) is 4. The summed E-state index contributed by atoms with van der Waals surface area (Å²) in [7, 11) is 1.93. The van der Waals surface area contributed by atoms with E-state index in [0.717, 1.165) is 65.0 Å². The maximum Gasteiger partial charge on any atom is 0.130 e. The third kappa shape index (κ3) is 3.79. The highest BCUT2D eigenvalue weighted by atomic mass is 15.2. The lowest BCUT2D eigenvalue weighted by Gasteiger charge is -2.34. The summed E-state index contributed by atoms with van der Waals surface area (Å²) >= 11 is 0. The average Bonchev–Trinajstić information content (AvgIpc) is 3.14. The topological polar surface area (TPSA) is 46.0 Å². The molecule has 0 unspecified atom stereocenters. The van der Waals surface area contributed by atoms with Crippen molar-refractivity contribution in [3.8, 4) is 11.1 Å². The Balaban J connectivity index is 1.49. The Morgan fingerprint density at radius 3 is 2.54 bits per heavy atom. The third-order valence-corrected chi connectivity index (χ3v) is 5.58. The first-order valence-corrected chi connectivity index (χ1v) is 9.75. The quantitative estimate of drug-likeness (QED) is 0.697. The van der Waals surface area contributed by atoms with E-state index in [4.69, 9.17) is 0 Å². The van der Waals surface area contributed by atoms with E-state index in [-0.39, 0.29) is 0 Å². The Hall–Kier alpha value is -3.08. The fourth-order valence-corrected chi connectivity index (χ4v) is 3.84. The second kappa shape index (κ2) is 7.50. The van der Waals surface area contributed by atoms with Crippen LogP contribution >= 0.6 is 0 Å². The van der Waals surface area contributed by atoms with E-state index in [1.807, 2.05) is 30.3 Å². The van der Waals surface area contributed by atoms with Gasteiger partial charge in [0.15, 0.2) is 0 Å². The first-order valence-electron chi connectivity index (χ1n) is 9.75. The lowest BCUT2D eigenvalue weighted by Crippen LogP contribution is -2.33. The number of aryl methyl sites for hydroxylation is 1. The maximum absolute atomic E-state index is 4.58. The number of rotatable bonds is 5. The second-order valence-electron chi connectivity index (χ2n) is 7.68. The summed E-state index contributed by atoms with van der Waals surface area (Å²) in [5.74, 6) is 1.32. The molecule has 144 valence electrons. The molecule has 0 atom stereocenters. The van der Waals surface area contributed by atoms with Crippen molar-refractivity contribution in [3.63, 3.8) is 0 Å². The van der Waals surface area contributed by atoms with Crippen LogP contribution in [0.1, 0.15) is 19.8 Å². The van der Waals surface area contributed by atoms with E-state index in [9.17, 15) is 0 Å². The smallest absolute Gasteiger partial charge is 0.130 e. The predicted molar refractivity (Wildman–Crippen MR) is 116 cm³/mol. The van der Waals surface area contributed by atoms with Crippen molar-refractivity contribution in [2.45, 2.75) is 19.8 Å². The standard InChI is InChI=1S/C23H27N5/c1-16(2)28-9-7-18(8-10-28)17(3)26-23-12-21-11-19(5-6-20(21)13-24-23)22-14-25-27(4)15-22/h5-6,11-15,18H,1,3,7-10H2,2,4H3,(H,24,26). The molecule has 1 saturated heterocycles. The second-order valence-corrected chi connectivity index (χ2v) is 7.68. The highest BCUT2D eigenvalue weighted by Crippen LogP contribution is 2.28. The predicted octanol–water partition coefficient (Wildman–Crippen LogP) is 4.81. The molecule has 1 aliphatic rings. The molecular formula is C23H27N5. The molecule has 5 nitrogen and oxygen atoms in total. The minimum Gasteiger partial charge on any atom is -0.375 e. The number of nitrogens with one attached hydrogen (secondary N) is 1. The Morgan fingerprint density at radius 2 is 1.86 bits per heavy atom. The number of likely N-dealkylation sites (tertiary alicyclic amines) is 1. The van der Waals surface area contributed by atoms with Crippen LogP contribution in [0, 0.1) is 5.92 Å². The zero-order valence-corrected chi connectivity index (χ0v) is 16.7. The van der Waals surface area contributed by atoms with Crippen LogP contribution < -0.4 is 5.32 Å². The summed E-state index contributed by atoms with van der Waals surface area (Å²) in [6.45, 7) is 12.5. The summed E-state index contributed by atoms with van der Waals surface area (Å²) in [5, 5.41) is 10.00. The first-order chi connectivity index (χ1) is 13.5. The molecule has 1 fully saturated rings. The van der Waals surface area contributed by atoms with Crippen LogP contribution in [0.5, 0.6) is 0 Å². The van der Waals surface area contributed by atoms with Crippen LogP contribution in [-0.4, -0.2) is 32.8 Å². The van der Waals surface area contributed by atoms with E-state index in [0.29, 0.717) is 5.92 Å². The number of pyridine rings is 1. The van der Waals surface area contributed by atoms with Gasteiger partial charge in [0.05, 0.1) is 6.20 Å². The van der Waals surface area contributed by atoms with E-state index in [1.54, 1.807) is 0 Å². The summed E-state index contributed by atoms with van der Waals surface area (Å²) in [6, 6.07) is 8.51. The van der Waals surface area contributed by atoms with Crippen molar-refractivity contribution in [1.82, 2.24) is 19.7 Å². The van der Waals surface area contributed by atoms with Gasteiger partial charge in [0, 0.05) is 60.8 Å². The van der Waals surface area contributed by atoms with Crippen molar-refractivity contribution in [2.75, 3.05) is 18.4 Å². The van der Waals surface area contributed by atoms with E-state index in [2.05, 4.69) is 64.6 Å². The van der Waals surface area contributed by atoms with Crippen LogP contribution in [0.25, 0.3) is 21.9 Å². The third-order valence-electron chi connectivity index (χ3n) is 5.58. The number of piperidine rings is 1. The number of fused-ring (bicyclic) bond motifs is 1. The normalized spacial score (nSPS) is 15.0. The maximum atomic E-state index is 4.58. The van der Waals surface area contributed by atoms with Crippen LogP contribution in [0.15, 0.2) is 67.4 Å². The Bertz CT molecular complexity index is 1020. The van der Waals surface area contributed by atoms with Crippen LogP contribution in [-0.2, 0) is 7.05 Å². The van der Waals surface area contributed by atoms with Gasteiger partial charge in [0.1, 0.15) is 5.82 Å². The van der Waals surface area contributed by atoms with Crippen molar-refractivity contribution >= 4 is 16.6 Å². The molecule has 0 aliphatic carbocycles. The van der Waals surface area contributed by atoms with E-state index >= 15 is 0 Å². The van der Waals surface area contributed by atoms with Crippen LogP contribution in [0.2, 0.25) is 0 Å². The SMILES string of the molecule is C=C(Nc1cc2cc(-c3cnn(C)c3)ccc2cn1)C1CCN(C(=C)C)CC1. The van der Waals surface area contributed by atoms with Crippen LogP contribution in [0.3, 0.4) is 0 Å². The van der Waals surface area contributed by atoms with Crippen molar-refractivity contribution in [3.05, 3.63) is 67.4 Å². The van der Waals surface area contributed by atoms with Crippen molar-refractivity contribution in [2.24, 2.45) is 13.0 Å². The molecule has 0 amide bonds. The van der Waals surface area contributed by atoms with Gasteiger partial charge in [-0.3, -0.25) is 4.68 Å². The Kier molecular flexibility index (Phi) is 4.90. The van der Waals surface area contributed by atoms with Crippen molar-refractivity contribution in [1.29, 1.82) is 0 Å². The fraction of sp³-hybridized carbons (Fsp3) is 0.304. The van der Waals surface area contributed by atoms with Gasteiger partial charge in [-0.05, 0) is 42.8 Å². The molecule has 4 rings (SSSR count). The van der Waals surface area contributed by atoms with Gasteiger partial charge in [-0.2, -0.15) is 5.10 Å².